The van der Waals surface area contributed by atoms with Crippen molar-refractivity contribution in [2.24, 2.45) is 0 Å². The van der Waals surface area contributed by atoms with Gasteiger partial charge >= 0.3 is 0 Å². The highest BCUT2D eigenvalue weighted by Crippen LogP contribution is 1.84. The van der Waals surface area contributed by atoms with Gasteiger partial charge in [-0.15, -0.1) is 6.58 Å². The van der Waals surface area contributed by atoms with Gasteiger partial charge in [-0.3, -0.25) is 0 Å². The average Bonchev–Trinajstić information content (AvgIpc) is 1.65. The first kappa shape index (κ1) is 6.98. The fourth-order valence-corrected chi connectivity index (χ4v) is 0.816. The molecule has 1 nitrogen and oxygen atoms in total. The van der Waals surface area contributed by atoms with Crippen LogP contribution in [0, 0.1) is 0 Å². The molecule has 0 aromatic heterocycles. The molecule has 0 saturated heterocycles. The second-order valence-corrected chi connectivity index (χ2v) is 5.14. The molecule has 0 aliphatic carbocycles. The minimum absolute atomic E-state index is 0.194. The number of rotatable bonds is 2. The van der Waals surface area contributed by atoms with Crippen LogP contribution >= 0.6 is 0 Å². The third-order valence-corrected chi connectivity index (χ3v) is 2.56. The lowest BCUT2D eigenvalue weighted by atomic mass is 10.0. The van der Waals surface area contributed by atoms with Gasteiger partial charge in [0.15, 0.2) is 0 Å². The molecule has 0 bridgehead atoms. The summed E-state index contributed by atoms with van der Waals surface area (Å²) in [6.45, 7) is 7.45. The Kier molecular flexibility index (Phi) is 3.04. The summed E-state index contributed by atoms with van der Waals surface area (Å²) in [6, 6.07) is 0. The van der Waals surface area contributed by atoms with Crippen LogP contribution in [0.15, 0.2) is 12.6 Å². The Labute approximate surface area is 46.7 Å². The van der Waals surface area contributed by atoms with Crippen molar-refractivity contribution in [3.8, 4) is 0 Å². The molecule has 0 spiro atoms. The molecule has 1 N–H and O–H groups in total. The van der Waals surface area contributed by atoms with E-state index >= 15 is 0 Å². The van der Waals surface area contributed by atoms with Crippen LogP contribution in [0.2, 0.25) is 13.1 Å². The largest absolute Gasteiger partial charge is 0.450 e. The average molecular weight is 114 g/mol. The number of hydrogen-bond acceptors (Lipinski definition) is 1. The predicted molar refractivity (Wildman–Crippen MR) is 37.0 cm³/mol. The maximum absolute atomic E-state index is 8.88. The summed E-state index contributed by atoms with van der Waals surface area (Å²) in [6.07, 6.45) is 0. The van der Waals surface area contributed by atoms with Gasteiger partial charge in [0.1, 0.15) is 0 Å². The van der Waals surface area contributed by atoms with Crippen molar-refractivity contribution in [2.75, 3.05) is 0 Å². The van der Waals surface area contributed by atoms with Crippen molar-refractivity contribution in [3.05, 3.63) is 12.6 Å². The maximum atomic E-state index is 8.88. The van der Waals surface area contributed by atoms with Crippen molar-refractivity contribution < 1.29 is 5.02 Å². The van der Waals surface area contributed by atoms with Gasteiger partial charge in [-0.2, -0.15) is 0 Å². The van der Waals surface area contributed by atoms with E-state index in [4.69, 9.17) is 5.02 Å². The molecule has 0 aliphatic heterocycles. The molecule has 0 aliphatic rings. The van der Waals surface area contributed by atoms with Crippen molar-refractivity contribution in [1.82, 2.24) is 0 Å². The summed E-state index contributed by atoms with van der Waals surface area (Å²) in [5, 5.41) is 8.88. The summed E-state index contributed by atoms with van der Waals surface area (Å²) in [5.74, 6) is 1.61. The van der Waals surface area contributed by atoms with Crippen LogP contribution < -0.4 is 0 Å². The third kappa shape index (κ3) is 2.65. The van der Waals surface area contributed by atoms with E-state index in [0.717, 1.165) is 0 Å². The van der Waals surface area contributed by atoms with Crippen molar-refractivity contribution >= 4 is 15.2 Å². The zero-order chi connectivity index (χ0) is 5.86. The minimum atomic E-state index is -0.827. The zero-order valence-electron chi connectivity index (χ0n) is 4.89. The Morgan fingerprint density at radius 2 is 2.14 bits per heavy atom. The summed E-state index contributed by atoms with van der Waals surface area (Å²) < 4.78 is 0. The van der Waals surface area contributed by atoms with Crippen molar-refractivity contribution in [2.45, 2.75) is 13.1 Å². The van der Waals surface area contributed by atoms with Crippen LogP contribution in [0.3, 0.4) is 0 Å². The molecule has 3 heteroatoms. The first-order chi connectivity index (χ1) is 3.18. The molecular weight excluding hydrogens is 103 g/mol. The van der Waals surface area contributed by atoms with Crippen molar-refractivity contribution in [3.63, 3.8) is 0 Å². The summed E-state index contributed by atoms with van der Waals surface area (Å²) in [4.78, 5) is 0. The van der Waals surface area contributed by atoms with Gasteiger partial charge in [0.05, 0.1) is 0 Å². The van der Waals surface area contributed by atoms with Gasteiger partial charge in [-0.25, -0.2) is 0 Å². The molecular formula is C4H11BOSi. The highest BCUT2D eigenvalue weighted by Gasteiger charge is 2.09. The Morgan fingerprint density at radius 3 is 2.14 bits per heavy atom. The van der Waals surface area contributed by atoms with E-state index < -0.39 is 8.67 Å². The van der Waals surface area contributed by atoms with E-state index in [-0.39, 0.29) is 6.51 Å². The van der Waals surface area contributed by atoms with Gasteiger partial charge in [0.2, 0.25) is 0 Å². The Balaban J connectivity index is 3.33. The minimum Gasteiger partial charge on any atom is -0.450 e. The molecule has 0 unspecified atom stereocenters. The fourth-order valence-electron chi connectivity index (χ4n) is 0.272. The lowest BCUT2D eigenvalue weighted by Crippen LogP contribution is -2.26. The first-order valence-corrected chi connectivity index (χ1v) is 5.46. The summed E-state index contributed by atoms with van der Waals surface area (Å²) >= 11 is 0. The third-order valence-electron chi connectivity index (χ3n) is 0.925. The van der Waals surface area contributed by atoms with E-state index in [2.05, 4.69) is 19.7 Å². The predicted octanol–water partition coefficient (Wildman–Crippen LogP) is 0.260. The van der Waals surface area contributed by atoms with Gasteiger partial charge in [0, 0.05) is 8.67 Å². The SMILES string of the molecule is C=CB(O)[SiH](C)C. The molecule has 0 amide bonds. The van der Waals surface area contributed by atoms with Crippen LogP contribution in [0.5, 0.6) is 0 Å². The second-order valence-electron chi connectivity index (χ2n) is 1.97. The molecule has 0 atom stereocenters. The van der Waals surface area contributed by atoms with Gasteiger partial charge in [0.25, 0.3) is 6.51 Å². The summed E-state index contributed by atoms with van der Waals surface area (Å²) in [5.41, 5.74) is 0. The number of hydrogen-bond donors (Lipinski definition) is 1. The van der Waals surface area contributed by atoms with Crippen LogP contribution in [-0.2, 0) is 0 Å². The maximum Gasteiger partial charge on any atom is 0.295 e. The van der Waals surface area contributed by atoms with Crippen LogP contribution in [0.4, 0.5) is 0 Å². The Morgan fingerprint density at radius 1 is 1.71 bits per heavy atom. The normalized spacial score (nSPS) is 9.14. The van der Waals surface area contributed by atoms with Crippen molar-refractivity contribution in [1.29, 1.82) is 0 Å². The second kappa shape index (κ2) is 3.05. The topological polar surface area (TPSA) is 20.2 Å². The summed E-state index contributed by atoms with van der Waals surface area (Å²) in [7, 11) is -0.827. The van der Waals surface area contributed by atoms with E-state index in [9.17, 15) is 0 Å². The van der Waals surface area contributed by atoms with E-state index in [1.165, 1.54) is 0 Å². The van der Waals surface area contributed by atoms with Gasteiger partial charge < -0.3 is 5.02 Å². The van der Waals surface area contributed by atoms with E-state index in [1.807, 2.05) is 0 Å². The first-order valence-electron chi connectivity index (χ1n) is 2.49. The van der Waals surface area contributed by atoms with Crippen LogP contribution in [0.1, 0.15) is 0 Å². The molecule has 0 saturated carbocycles. The molecule has 0 rings (SSSR count). The molecule has 40 valence electrons. The van der Waals surface area contributed by atoms with Gasteiger partial charge in [-0.1, -0.05) is 19.1 Å². The fraction of sp³-hybridized carbons (Fsp3) is 0.500. The molecule has 0 heterocycles. The molecule has 0 aromatic carbocycles. The smallest absolute Gasteiger partial charge is 0.295 e. The highest BCUT2D eigenvalue weighted by molar-refractivity contribution is 7.20. The van der Waals surface area contributed by atoms with Gasteiger partial charge in [-0.05, 0) is 0 Å². The Hall–Kier alpha value is -0.0182. The van der Waals surface area contributed by atoms with Crippen LogP contribution in [0.25, 0.3) is 0 Å². The molecule has 0 aromatic rings. The van der Waals surface area contributed by atoms with Crippen LogP contribution in [-0.4, -0.2) is 20.2 Å². The van der Waals surface area contributed by atoms with E-state index in [1.54, 1.807) is 5.98 Å². The lowest BCUT2D eigenvalue weighted by molar-refractivity contribution is 0.604. The standard InChI is InChI=1S/C4H11BOSi/c1-4-5(6)7(2)3/h4,6-7H,1H2,2-3H3. The molecule has 0 fully saturated rings. The zero-order valence-corrected chi connectivity index (χ0v) is 6.04. The quantitative estimate of drug-likeness (QED) is 0.510. The van der Waals surface area contributed by atoms with E-state index in [0.29, 0.717) is 0 Å². The Bertz CT molecular complexity index is 64.7. The highest BCUT2D eigenvalue weighted by atomic mass is 28.3. The monoisotopic (exact) mass is 114 g/mol. The molecule has 7 heavy (non-hydrogen) atoms. The molecule has 0 radical (unpaired) electrons. The lowest BCUT2D eigenvalue weighted by Gasteiger charge is -1.99.